The molecule has 25 heavy (non-hydrogen) atoms. The summed E-state index contributed by atoms with van der Waals surface area (Å²) in [7, 11) is -2.47. The lowest BCUT2D eigenvalue weighted by molar-refractivity contribution is 0.0602. The summed E-state index contributed by atoms with van der Waals surface area (Å²) >= 11 is 0. The van der Waals surface area contributed by atoms with Crippen LogP contribution in [0.2, 0.25) is 0 Å². The maximum Gasteiger partial charge on any atom is 0.340 e. The predicted molar refractivity (Wildman–Crippen MR) is 96.5 cm³/mol. The minimum atomic E-state index is -3.72. The first-order valence-corrected chi connectivity index (χ1v) is 9.29. The Morgan fingerprint density at radius 3 is 2.48 bits per heavy atom. The predicted octanol–water partition coefficient (Wildman–Crippen LogP) is 3.12. The van der Waals surface area contributed by atoms with Gasteiger partial charge in [0.25, 0.3) is 0 Å². The fraction of sp³-hybridized carbons (Fsp3) is 0.111. The molecule has 0 bridgehead atoms. The molecule has 3 rings (SSSR count). The molecule has 1 heterocycles. The molecule has 3 aromatic rings. The molecular weight excluding hydrogens is 340 g/mol. The van der Waals surface area contributed by atoms with E-state index in [9.17, 15) is 13.2 Å². The number of anilines is 2. The van der Waals surface area contributed by atoms with E-state index < -0.39 is 16.0 Å². The monoisotopic (exact) mass is 356 g/mol. The van der Waals surface area contributed by atoms with Crippen molar-refractivity contribution < 1.29 is 17.9 Å². The summed E-state index contributed by atoms with van der Waals surface area (Å²) in [5, 5.41) is 0.796. The van der Waals surface area contributed by atoms with Crippen molar-refractivity contribution in [1.82, 2.24) is 4.98 Å². The van der Waals surface area contributed by atoms with Gasteiger partial charge in [-0.15, -0.1) is 0 Å². The van der Waals surface area contributed by atoms with E-state index >= 15 is 0 Å². The Morgan fingerprint density at radius 1 is 1.08 bits per heavy atom. The molecule has 7 heteroatoms. The van der Waals surface area contributed by atoms with Crippen LogP contribution >= 0.6 is 0 Å². The molecule has 0 radical (unpaired) electrons. The number of hydrogen-bond acceptors (Lipinski definition) is 5. The molecule has 0 N–H and O–H groups in total. The molecule has 6 nitrogen and oxygen atoms in total. The van der Waals surface area contributed by atoms with Gasteiger partial charge in [-0.2, -0.15) is 0 Å². The fourth-order valence-corrected chi connectivity index (χ4v) is 3.61. The van der Waals surface area contributed by atoms with E-state index in [1.165, 1.54) is 19.4 Å². The van der Waals surface area contributed by atoms with Crippen LogP contribution in [0.5, 0.6) is 0 Å². The van der Waals surface area contributed by atoms with Gasteiger partial charge < -0.3 is 4.74 Å². The summed E-state index contributed by atoms with van der Waals surface area (Å²) in [5.41, 5.74) is 1.47. The second-order valence-electron chi connectivity index (χ2n) is 5.42. The Hall–Kier alpha value is -2.93. The van der Waals surface area contributed by atoms with Crippen LogP contribution < -0.4 is 4.31 Å². The van der Waals surface area contributed by atoms with E-state index in [-0.39, 0.29) is 11.3 Å². The number of pyridine rings is 1. The minimum absolute atomic E-state index is 0.156. The highest BCUT2D eigenvalue weighted by Gasteiger charge is 2.25. The lowest BCUT2D eigenvalue weighted by Gasteiger charge is -2.24. The van der Waals surface area contributed by atoms with Gasteiger partial charge in [-0.3, -0.25) is 4.98 Å². The minimum Gasteiger partial charge on any atom is -0.465 e. The number of carbonyl (C=O) groups excluding carboxylic acids is 1. The molecule has 0 fully saturated rings. The Bertz CT molecular complexity index is 1050. The van der Waals surface area contributed by atoms with E-state index in [1.807, 2.05) is 24.3 Å². The van der Waals surface area contributed by atoms with E-state index in [0.29, 0.717) is 5.69 Å². The van der Waals surface area contributed by atoms with E-state index in [0.717, 1.165) is 21.5 Å². The van der Waals surface area contributed by atoms with Gasteiger partial charge in [-0.1, -0.05) is 30.3 Å². The average Bonchev–Trinajstić information content (AvgIpc) is 2.60. The number of hydrogen-bond donors (Lipinski definition) is 0. The van der Waals surface area contributed by atoms with Crippen molar-refractivity contribution in [2.75, 3.05) is 17.7 Å². The average molecular weight is 356 g/mol. The summed E-state index contributed by atoms with van der Waals surface area (Å²) in [6.45, 7) is 0. The van der Waals surface area contributed by atoms with Gasteiger partial charge in [0.05, 0.1) is 42.0 Å². The Labute approximate surface area is 145 Å². The van der Waals surface area contributed by atoms with Gasteiger partial charge in [0.1, 0.15) is 0 Å². The summed E-state index contributed by atoms with van der Waals surface area (Å²) in [6, 6.07) is 15.5. The van der Waals surface area contributed by atoms with Crippen molar-refractivity contribution in [2.45, 2.75) is 0 Å². The van der Waals surface area contributed by atoms with Gasteiger partial charge in [0.15, 0.2) is 0 Å². The number of rotatable bonds is 4. The number of nitrogens with zero attached hydrogens (tertiary/aromatic N) is 2. The number of sulfonamides is 1. The lowest BCUT2D eigenvalue weighted by Crippen LogP contribution is -2.26. The number of ether oxygens (including phenoxy) is 1. The van der Waals surface area contributed by atoms with E-state index in [2.05, 4.69) is 4.98 Å². The summed E-state index contributed by atoms with van der Waals surface area (Å²) in [5.74, 6) is -0.613. The van der Waals surface area contributed by atoms with Crippen molar-refractivity contribution in [3.8, 4) is 0 Å². The van der Waals surface area contributed by atoms with Crippen molar-refractivity contribution >= 4 is 38.3 Å². The number of aromatic nitrogens is 1. The molecule has 0 amide bonds. The van der Waals surface area contributed by atoms with Crippen LogP contribution in [0.3, 0.4) is 0 Å². The topological polar surface area (TPSA) is 76.6 Å². The summed E-state index contributed by atoms with van der Waals surface area (Å²) < 4.78 is 30.8. The molecule has 0 spiro atoms. The molecule has 0 atom stereocenters. The Balaban J connectivity index is 2.24. The van der Waals surface area contributed by atoms with E-state index in [1.54, 1.807) is 24.3 Å². The fourth-order valence-electron chi connectivity index (χ4n) is 2.61. The molecule has 0 unspecified atom stereocenters. The van der Waals surface area contributed by atoms with Gasteiger partial charge in [-0.05, 0) is 24.3 Å². The first-order valence-electron chi connectivity index (χ1n) is 7.44. The second kappa shape index (κ2) is 6.52. The number of fused-ring (bicyclic) bond motifs is 1. The lowest BCUT2D eigenvalue weighted by atomic mass is 10.1. The second-order valence-corrected chi connectivity index (χ2v) is 7.25. The molecule has 128 valence electrons. The Kier molecular flexibility index (Phi) is 4.41. The van der Waals surface area contributed by atoms with Crippen LogP contribution in [-0.4, -0.2) is 32.7 Å². The zero-order valence-electron chi connectivity index (χ0n) is 13.7. The molecule has 2 aromatic carbocycles. The number of carbonyl (C=O) groups is 1. The maximum absolute atomic E-state index is 12.5. The maximum atomic E-state index is 12.5. The highest BCUT2D eigenvalue weighted by molar-refractivity contribution is 7.92. The molecule has 0 aliphatic carbocycles. The molecule has 0 saturated heterocycles. The molecule has 0 saturated carbocycles. The van der Waals surface area contributed by atoms with Crippen LogP contribution in [0.25, 0.3) is 10.9 Å². The van der Waals surface area contributed by atoms with Gasteiger partial charge in [-0.25, -0.2) is 17.5 Å². The molecule has 1 aromatic heterocycles. The highest BCUT2D eigenvalue weighted by Crippen LogP contribution is 2.32. The van der Waals surface area contributed by atoms with Crippen molar-refractivity contribution in [3.63, 3.8) is 0 Å². The third kappa shape index (κ3) is 3.32. The van der Waals surface area contributed by atoms with Crippen molar-refractivity contribution in [3.05, 3.63) is 66.4 Å². The zero-order chi connectivity index (χ0) is 18.0. The van der Waals surface area contributed by atoms with Crippen molar-refractivity contribution in [2.24, 2.45) is 0 Å². The number of benzene rings is 2. The standard InChI is InChI=1S/C18H16N2O4S/c1-24-18(21)15-8-4-6-10-17(15)20(25(2,22)23)14-11-13-7-3-5-9-16(13)19-12-14/h3-12H,1-2H3. The van der Waals surface area contributed by atoms with E-state index in [4.69, 9.17) is 4.74 Å². The van der Waals surface area contributed by atoms with Crippen molar-refractivity contribution in [1.29, 1.82) is 0 Å². The number of esters is 1. The van der Waals surface area contributed by atoms with Gasteiger partial charge >= 0.3 is 5.97 Å². The largest absolute Gasteiger partial charge is 0.465 e. The zero-order valence-corrected chi connectivity index (χ0v) is 14.5. The molecule has 0 aliphatic rings. The summed E-state index contributed by atoms with van der Waals surface area (Å²) in [4.78, 5) is 16.4. The smallest absolute Gasteiger partial charge is 0.340 e. The molecule has 0 aliphatic heterocycles. The number of para-hydroxylation sites is 2. The first kappa shape index (κ1) is 16.9. The molecular formula is C18H16N2O4S. The SMILES string of the molecule is COC(=O)c1ccccc1N(c1cnc2ccccc2c1)S(C)(=O)=O. The van der Waals surface area contributed by atoms with Gasteiger partial charge in [0.2, 0.25) is 10.0 Å². The highest BCUT2D eigenvalue weighted by atomic mass is 32.2. The Morgan fingerprint density at radius 2 is 1.76 bits per heavy atom. The van der Waals surface area contributed by atoms with Crippen LogP contribution in [-0.2, 0) is 14.8 Å². The quantitative estimate of drug-likeness (QED) is 0.671. The first-order chi connectivity index (χ1) is 11.9. The third-order valence-electron chi connectivity index (χ3n) is 3.67. The van der Waals surface area contributed by atoms with Crippen LogP contribution in [0.4, 0.5) is 11.4 Å². The van der Waals surface area contributed by atoms with Crippen LogP contribution in [0, 0.1) is 0 Å². The van der Waals surface area contributed by atoms with Crippen LogP contribution in [0.1, 0.15) is 10.4 Å². The number of methoxy groups -OCH3 is 1. The summed E-state index contributed by atoms with van der Waals surface area (Å²) in [6.07, 6.45) is 2.55. The van der Waals surface area contributed by atoms with Gasteiger partial charge in [0, 0.05) is 5.39 Å². The normalized spacial score (nSPS) is 11.3. The third-order valence-corrected chi connectivity index (χ3v) is 4.74. The van der Waals surface area contributed by atoms with Crippen LogP contribution in [0.15, 0.2) is 60.8 Å².